The van der Waals surface area contributed by atoms with Crippen molar-refractivity contribution < 1.29 is 9.47 Å². The normalized spacial score (nSPS) is 13.0. The van der Waals surface area contributed by atoms with E-state index in [4.69, 9.17) is 9.47 Å². The Hall–Kier alpha value is -2.53. The Morgan fingerprint density at radius 3 is 3.05 bits per heavy atom. The van der Waals surface area contributed by atoms with Gasteiger partial charge in [-0.15, -0.1) is 0 Å². The fourth-order valence-electron chi connectivity index (χ4n) is 2.52. The van der Waals surface area contributed by atoms with E-state index in [1.165, 1.54) is 11.1 Å². The van der Waals surface area contributed by atoms with Crippen molar-refractivity contribution in [3.05, 3.63) is 59.9 Å². The summed E-state index contributed by atoms with van der Waals surface area (Å²) in [6, 6.07) is 12.1. The van der Waals surface area contributed by atoms with Gasteiger partial charge in [0.2, 0.25) is 6.79 Å². The summed E-state index contributed by atoms with van der Waals surface area (Å²) in [5, 5.41) is 7.77. The summed E-state index contributed by atoms with van der Waals surface area (Å²) >= 11 is 0. The van der Waals surface area contributed by atoms with Gasteiger partial charge in [-0.25, -0.2) is 4.52 Å². The van der Waals surface area contributed by atoms with Crippen molar-refractivity contribution in [1.82, 2.24) is 14.9 Å². The van der Waals surface area contributed by atoms with Crippen LogP contribution < -0.4 is 14.8 Å². The summed E-state index contributed by atoms with van der Waals surface area (Å²) in [6.45, 7) is 1.87. The molecule has 0 saturated heterocycles. The number of nitrogens with zero attached hydrogens (tertiary/aromatic N) is 2. The molecule has 0 spiro atoms. The number of rotatable bonds is 4. The quantitative estimate of drug-likeness (QED) is 0.797. The first-order valence-corrected chi connectivity index (χ1v) is 6.91. The highest BCUT2D eigenvalue weighted by atomic mass is 16.7. The number of hydrogen-bond acceptors (Lipinski definition) is 4. The van der Waals surface area contributed by atoms with E-state index in [-0.39, 0.29) is 0 Å². The van der Waals surface area contributed by atoms with Crippen molar-refractivity contribution in [2.24, 2.45) is 0 Å². The number of pyridine rings is 1. The zero-order valence-electron chi connectivity index (χ0n) is 11.5. The predicted octanol–water partition coefficient (Wildman–Crippen LogP) is 2.35. The minimum atomic E-state index is 0.314. The number of ether oxygens (including phenoxy) is 2. The Morgan fingerprint density at radius 2 is 2.05 bits per heavy atom. The minimum absolute atomic E-state index is 0.314. The van der Waals surface area contributed by atoms with E-state index in [1.54, 1.807) is 0 Å². The highest BCUT2D eigenvalue weighted by molar-refractivity contribution is 5.53. The fourth-order valence-corrected chi connectivity index (χ4v) is 2.52. The third-order valence-corrected chi connectivity index (χ3v) is 3.59. The molecule has 1 aliphatic heterocycles. The van der Waals surface area contributed by atoms with Crippen LogP contribution in [-0.2, 0) is 13.1 Å². The molecule has 106 valence electrons. The molecule has 0 saturated carbocycles. The van der Waals surface area contributed by atoms with Crippen molar-refractivity contribution in [3.8, 4) is 11.5 Å². The molecule has 1 aliphatic rings. The topological polar surface area (TPSA) is 47.8 Å². The van der Waals surface area contributed by atoms with E-state index in [0.29, 0.717) is 6.79 Å². The Morgan fingerprint density at radius 1 is 1.10 bits per heavy atom. The largest absolute Gasteiger partial charge is 0.454 e. The molecule has 2 aromatic heterocycles. The first kappa shape index (κ1) is 12.2. The van der Waals surface area contributed by atoms with Gasteiger partial charge in [0.05, 0.1) is 11.7 Å². The molecule has 5 heteroatoms. The SMILES string of the molecule is c1ccn2ncc(CNCc3ccc4c(c3)OCO4)c2c1. The van der Waals surface area contributed by atoms with Crippen LogP contribution in [-0.4, -0.2) is 16.4 Å². The van der Waals surface area contributed by atoms with E-state index in [1.807, 2.05) is 41.2 Å². The van der Waals surface area contributed by atoms with Crippen molar-refractivity contribution >= 4 is 5.52 Å². The van der Waals surface area contributed by atoms with Crippen molar-refractivity contribution in [3.63, 3.8) is 0 Å². The second-order valence-electron chi connectivity index (χ2n) is 4.99. The lowest BCUT2D eigenvalue weighted by Gasteiger charge is -2.05. The van der Waals surface area contributed by atoms with Crippen LogP contribution >= 0.6 is 0 Å². The molecular formula is C16H15N3O2. The number of benzene rings is 1. The minimum Gasteiger partial charge on any atom is -0.454 e. The van der Waals surface area contributed by atoms with Crippen LogP contribution in [0.3, 0.4) is 0 Å². The first-order chi connectivity index (χ1) is 10.4. The van der Waals surface area contributed by atoms with Crippen LogP contribution in [0, 0.1) is 0 Å². The van der Waals surface area contributed by atoms with E-state index in [9.17, 15) is 0 Å². The van der Waals surface area contributed by atoms with Gasteiger partial charge in [-0.3, -0.25) is 0 Å². The van der Waals surface area contributed by atoms with Crippen LogP contribution in [0.1, 0.15) is 11.1 Å². The third-order valence-electron chi connectivity index (χ3n) is 3.59. The highest BCUT2D eigenvalue weighted by Gasteiger charge is 2.12. The lowest BCUT2D eigenvalue weighted by atomic mass is 10.2. The molecule has 21 heavy (non-hydrogen) atoms. The van der Waals surface area contributed by atoms with Gasteiger partial charge in [-0.05, 0) is 29.8 Å². The summed E-state index contributed by atoms with van der Waals surface area (Å²) < 4.78 is 12.6. The molecular weight excluding hydrogens is 266 g/mol. The second kappa shape index (κ2) is 5.10. The van der Waals surface area contributed by atoms with E-state index in [2.05, 4.69) is 22.5 Å². The standard InChI is InChI=1S/C16H15N3O2/c1-2-6-19-14(3-1)13(10-18-19)9-17-8-12-4-5-15-16(7-12)21-11-20-15/h1-7,10,17H,8-9,11H2. The molecule has 3 aromatic rings. The Labute approximate surface area is 122 Å². The average molecular weight is 281 g/mol. The van der Waals surface area contributed by atoms with E-state index in [0.717, 1.165) is 30.1 Å². The maximum atomic E-state index is 5.39. The summed E-state index contributed by atoms with van der Waals surface area (Å²) in [4.78, 5) is 0. The number of hydrogen-bond donors (Lipinski definition) is 1. The molecule has 0 unspecified atom stereocenters. The first-order valence-electron chi connectivity index (χ1n) is 6.91. The number of nitrogens with one attached hydrogen (secondary N) is 1. The third kappa shape index (κ3) is 2.32. The van der Waals surface area contributed by atoms with Gasteiger partial charge >= 0.3 is 0 Å². The second-order valence-corrected chi connectivity index (χ2v) is 4.99. The van der Waals surface area contributed by atoms with Gasteiger partial charge in [-0.1, -0.05) is 12.1 Å². The molecule has 0 atom stereocenters. The van der Waals surface area contributed by atoms with E-state index < -0.39 is 0 Å². The Kier molecular flexibility index (Phi) is 2.97. The Bertz CT molecular complexity index is 782. The lowest BCUT2D eigenvalue weighted by molar-refractivity contribution is 0.174. The highest BCUT2D eigenvalue weighted by Crippen LogP contribution is 2.32. The van der Waals surface area contributed by atoms with Crippen molar-refractivity contribution in [1.29, 1.82) is 0 Å². The monoisotopic (exact) mass is 281 g/mol. The van der Waals surface area contributed by atoms with Crippen LogP contribution in [0.2, 0.25) is 0 Å². The number of aromatic nitrogens is 2. The van der Waals surface area contributed by atoms with Crippen LogP contribution in [0.15, 0.2) is 48.8 Å². The van der Waals surface area contributed by atoms with Crippen LogP contribution in [0.4, 0.5) is 0 Å². The average Bonchev–Trinajstić information content (AvgIpc) is 3.14. The smallest absolute Gasteiger partial charge is 0.231 e. The van der Waals surface area contributed by atoms with Gasteiger partial charge in [0, 0.05) is 24.8 Å². The molecule has 3 heterocycles. The van der Waals surface area contributed by atoms with Crippen LogP contribution in [0.25, 0.3) is 5.52 Å². The maximum absolute atomic E-state index is 5.39. The molecule has 0 bridgehead atoms. The van der Waals surface area contributed by atoms with Gasteiger partial charge in [0.25, 0.3) is 0 Å². The fraction of sp³-hybridized carbons (Fsp3) is 0.188. The molecule has 0 aliphatic carbocycles. The summed E-state index contributed by atoms with van der Waals surface area (Å²) in [5.41, 5.74) is 3.50. The van der Waals surface area contributed by atoms with Gasteiger partial charge in [0.15, 0.2) is 11.5 Å². The molecule has 4 rings (SSSR count). The summed E-state index contributed by atoms with van der Waals surface area (Å²) in [7, 11) is 0. The molecule has 1 N–H and O–H groups in total. The predicted molar refractivity (Wildman–Crippen MR) is 78.3 cm³/mol. The van der Waals surface area contributed by atoms with Gasteiger partial charge < -0.3 is 14.8 Å². The summed E-state index contributed by atoms with van der Waals surface area (Å²) in [5.74, 6) is 1.65. The zero-order chi connectivity index (χ0) is 14.1. The lowest BCUT2D eigenvalue weighted by Crippen LogP contribution is -2.12. The molecule has 0 amide bonds. The molecule has 0 radical (unpaired) electrons. The van der Waals surface area contributed by atoms with Gasteiger partial charge in [0.1, 0.15) is 0 Å². The van der Waals surface area contributed by atoms with Crippen molar-refractivity contribution in [2.75, 3.05) is 6.79 Å². The maximum Gasteiger partial charge on any atom is 0.231 e. The molecule has 5 nitrogen and oxygen atoms in total. The zero-order valence-corrected chi connectivity index (χ0v) is 11.5. The molecule has 1 aromatic carbocycles. The van der Waals surface area contributed by atoms with Crippen LogP contribution in [0.5, 0.6) is 11.5 Å². The molecule has 0 fully saturated rings. The van der Waals surface area contributed by atoms with E-state index >= 15 is 0 Å². The Balaban J connectivity index is 1.43. The van der Waals surface area contributed by atoms with Crippen molar-refractivity contribution in [2.45, 2.75) is 13.1 Å². The number of fused-ring (bicyclic) bond motifs is 2. The van der Waals surface area contributed by atoms with Gasteiger partial charge in [-0.2, -0.15) is 5.10 Å². The summed E-state index contributed by atoms with van der Waals surface area (Å²) in [6.07, 6.45) is 3.86.